The van der Waals surface area contributed by atoms with Crippen LogP contribution >= 0.6 is 0 Å². The topological polar surface area (TPSA) is 53.0 Å². The molecule has 33 heavy (non-hydrogen) atoms. The van der Waals surface area contributed by atoms with Crippen LogP contribution in [0.1, 0.15) is 80.4 Å². The van der Waals surface area contributed by atoms with Crippen molar-refractivity contribution in [1.82, 2.24) is 0 Å². The number of ether oxygens (including phenoxy) is 1. The predicted molar refractivity (Wildman–Crippen MR) is 126 cm³/mol. The molecule has 0 unspecified atom stereocenters. The lowest BCUT2D eigenvalue weighted by atomic mass is 9.55. The Balaban J connectivity index is 0.000000137. The number of phenolic OH excluding ortho intramolecular Hbond substituents is 1. The van der Waals surface area contributed by atoms with Crippen molar-refractivity contribution < 1.29 is 19.3 Å². The summed E-state index contributed by atoms with van der Waals surface area (Å²) in [7, 11) is 0. The number of hydrogen-bond acceptors (Lipinski definition) is 3. The lowest BCUT2D eigenvalue weighted by molar-refractivity contribution is -0.0226. The minimum Gasteiger partial charge on any atom is -0.508 e. The minimum absolute atomic E-state index is 0.0883. The molecule has 3 nitrogen and oxygen atoms in total. The Kier molecular flexibility index (Phi) is 5.30. The standard InChI is InChI=1S/C18H24O2.C11H11FO/c1-18-9-8-14-13-5-3-12(19)10-11(13)2-4-15(14)16(18)6-7-17(18)20;12-9-3-1-7(2-4-9)8-5-10-11(6-8)13-10/h3,5,10,14-17,19-20H,2,4,6-9H2,1H3;1-4,8,10-11H,5-6H2/t14-,15-,16+,17+,18+;10-,11-/m11/s1. The molecule has 7 rings (SSSR count). The SMILES string of the molecule is C[C@]12CC[C@@H]3c4ccc(O)cc4CC[C@H]3[C@@H]1CC[C@@H]2O.Fc1ccc(C2C[C@H]3O[C@@H]3C2)cc1. The van der Waals surface area contributed by atoms with E-state index in [1.807, 2.05) is 24.3 Å². The number of epoxide rings is 1. The molecular weight excluding hydrogens is 415 g/mol. The predicted octanol–water partition coefficient (Wildman–Crippen LogP) is 6.08. The Labute approximate surface area is 196 Å². The molecule has 0 aromatic heterocycles. The Morgan fingerprint density at radius 2 is 1.73 bits per heavy atom. The van der Waals surface area contributed by atoms with E-state index in [0.29, 0.717) is 35.7 Å². The van der Waals surface area contributed by atoms with Crippen molar-refractivity contribution in [1.29, 1.82) is 0 Å². The summed E-state index contributed by atoms with van der Waals surface area (Å²) in [6.07, 6.45) is 10.0. The summed E-state index contributed by atoms with van der Waals surface area (Å²) in [6.45, 7) is 2.32. The quantitative estimate of drug-likeness (QED) is 0.518. The number of aromatic hydroxyl groups is 1. The molecule has 4 fully saturated rings. The maximum Gasteiger partial charge on any atom is 0.123 e. The van der Waals surface area contributed by atoms with E-state index < -0.39 is 0 Å². The second-order valence-electron chi connectivity index (χ2n) is 11.4. The summed E-state index contributed by atoms with van der Waals surface area (Å²) in [4.78, 5) is 0. The third-order valence-corrected chi connectivity index (χ3v) is 9.72. The zero-order chi connectivity index (χ0) is 22.7. The lowest BCUT2D eigenvalue weighted by Gasteiger charge is -2.50. The van der Waals surface area contributed by atoms with Gasteiger partial charge >= 0.3 is 0 Å². The second kappa shape index (κ2) is 8.09. The van der Waals surface area contributed by atoms with E-state index in [4.69, 9.17) is 4.74 Å². The van der Waals surface area contributed by atoms with Crippen LogP contribution in [0.5, 0.6) is 5.75 Å². The van der Waals surface area contributed by atoms with Crippen LogP contribution < -0.4 is 0 Å². The zero-order valence-electron chi connectivity index (χ0n) is 19.4. The van der Waals surface area contributed by atoms with Gasteiger partial charge in [0.2, 0.25) is 0 Å². The summed E-state index contributed by atoms with van der Waals surface area (Å²) in [5.41, 5.74) is 4.25. The molecule has 0 radical (unpaired) electrons. The van der Waals surface area contributed by atoms with Crippen LogP contribution in [0.2, 0.25) is 0 Å². The van der Waals surface area contributed by atoms with Crippen LogP contribution in [-0.4, -0.2) is 28.5 Å². The third kappa shape index (κ3) is 3.80. The van der Waals surface area contributed by atoms with Crippen LogP contribution in [0.4, 0.5) is 4.39 Å². The fourth-order valence-corrected chi connectivity index (χ4v) is 7.80. The molecule has 1 heterocycles. The van der Waals surface area contributed by atoms with E-state index in [1.165, 1.54) is 36.0 Å². The molecule has 2 aromatic carbocycles. The van der Waals surface area contributed by atoms with E-state index in [2.05, 4.69) is 13.0 Å². The van der Waals surface area contributed by atoms with Crippen LogP contribution in [-0.2, 0) is 11.2 Å². The average Bonchev–Trinajstić information content (AvgIpc) is 3.29. The highest BCUT2D eigenvalue weighted by molar-refractivity contribution is 5.40. The van der Waals surface area contributed by atoms with Crippen LogP contribution in [0, 0.1) is 23.1 Å². The summed E-state index contributed by atoms with van der Waals surface area (Å²) < 4.78 is 18.0. The number of aryl methyl sites for hydroxylation is 1. The molecule has 1 saturated heterocycles. The van der Waals surface area contributed by atoms with Gasteiger partial charge in [-0.1, -0.05) is 25.1 Å². The number of phenols is 1. The van der Waals surface area contributed by atoms with E-state index in [-0.39, 0.29) is 17.3 Å². The first kappa shape index (κ1) is 21.6. The first-order chi connectivity index (χ1) is 15.9. The molecule has 0 bridgehead atoms. The molecule has 0 spiro atoms. The van der Waals surface area contributed by atoms with E-state index in [0.717, 1.165) is 38.0 Å². The zero-order valence-corrected chi connectivity index (χ0v) is 19.4. The number of fused-ring (bicyclic) bond motifs is 6. The van der Waals surface area contributed by atoms with Crippen molar-refractivity contribution in [3.63, 3.8) is 0 Å². The highest BCUT2D eigenvalue weighted by Crippen LogP contribution is 2.60. The number of rotatable bonds is 1. The first-order valence-corrected chi connectivity index (χ1v) is 12.8. The van der Waals surface area contributed by atoms with Gasteiger partial charge in [0.25, 0.3) is 0 Å². The maximum absolute atomic E-state index is 12.6. The molecule has 4 heteroatoms. The van der Waals surface area contributed by atoms with Gasteiger partial charge in [-0.2, -0.15) is 0 Å². The smallest absolute Gasteiger partial charge is 0.123 e. The monoisotopic (exact) mass is 450 g/mol. The number of hydrogen-bond donors (Lipinski definition) is 2. The van der Waals surface area contributed by atoms with E-state index in [1.54, 1.807) is 12.1 Å². The molecule has 7 atom stereocenters. The van der Waals surface area contributed by atoms with Gasteiger partial charge in [-0.3, -0.25) is 0 Å². The van der Waals surface area contributed by atoms with E-state index in [9.17, 15) is 14.6 Å². The molecule has 0 amide bonds. The Morgan fingerprint density at radius 1 is 0.970 bits per heavy atom. The molecule has 4 aliphatic carbocycles. The summed E-state index contributed by atoms with van der Waals surface area (Å²) >= 11 is 0. The summed E-state index contributed by atoms with van der Waals surface area (Å²) in [6, 6.07) is 12.8. The van der Waals surface area contributed by atoms with Crippen LogP contribution in [0.15, 0.2) is 42.5 Å². The highest BCUT2D eigenvalue weighted by atomic mass is 19.1. The average molecular weight is 451 g/mol. The van der Waals surface area contributed by atoms with Gasteiger partial charge in [0.1, 0.15) is 11.6 Å². The first-order valence-electron chi connectivity index (χ1n) is 12.8. The van der Waals surface area contributed by atoms with Gasteiger partial charge in [0.15, 0.2) is 0 Å². The molecule has 2 N–H and O–H groups in total. The highest BCUT2D eigenvalue weighted by Gasteiger charge is 2.54. The second-order valence-corrected chi connectivity index (χ2v) is 11.4. The fourth-order valence-electron chi connectivity index (χ4n) is 7.80. The van der Waals surface area contributed by atoms with Crippen molar-refractivity contribution in [3.05, 3.63) is 65.0 Å². The van der Waals surface area contributed by atoms with E-state index >= 15 is 0 Å². The normalized spacial score (nSPS) is 38.4. The maximum atomic E-state index is 12.6. The van der Waals surface area contributed by atoms with Crippen LogP contribution in [0.25, 0.3) is 0 Å². The van der Waals surface area contributed by atoms with Crippen molar-refractivity contribution in [2.75, 3.05) is 0 Å². The van der Waals surface area contributed by atoms with Crippen molar-refractivity contribution in [3.8, 4) is 5.75 Å². The molecule has 3 saturated carbocycles. The van der Waals surface area contributed by atoms with Gasteiger partial charge in [0, 0.05) is 0 Å². The van der Waals surface area contributed by atoms with Gasteiger partial charge in [0.05, 0.1) is 18.3 Å². The number of benzene rings is 2. The van der Waals surface area contributed by atoms with Crippen molar-refractivity contribution >= 4 is 0 Å². The van der Waals surface area contributed by atoms with Gasteiger partial charge in [-0.25, -0.2) is 4.39 Å². The number of halogens is 1. The third-order valence-electron chi connectivity index (χ3n) is 9.72. The van der Waals surface area contributed by atoms with Gasteiger partial charge in [-0.05, 0) is 121 Å². The molecule has 2 aromatic rings. The molecule has 1 aliphatic heterocycles. The summed E-state index contributed by atoms with van der Waals surface area (Å²) in [5, 5.41) is 20.0. The van der Waals surface area contributed by atoms with Gasteiger partial charge < -0.3 is 14.9 Å². The molecule has 176 valence electrons. The van der Waals surface area contributed by atoms with Crippen molar-refractivity contribution in [2.45, 2.75) is 88.4 Å². The van der Waals surface area contributed by atoms with Gasteiger partial charge in [-0.15, -0.1) is 0 Å². The molecular formula is C29H35FO3. The lowest BCUT2D eigenvalue weighted by Crippen LogP contribution is -2.43. The fraction of sp³-hybridized carbons (Fsp3) is 0.586. The van der Waals surface area contributed by atoms with Crippen LogP contribution in [0.3, 0.4) is 0 Å². The largest absolute Gasteiger partial charge is 0.508 e. The number of aliphatic hydroxyl groups excluding tert-OH is 1. The Morgan fingerprint density at radius 3 is 2.48 bits per heavy atom. The van der Waals surface area contributed by atoms with Crippen molar-refractivity contribution in [2.24, 2.45) is 17.3 Å². The Hall–Kier alpha value is -1.91. The Bertz CT molecular complexity index is 1010. The summed E-state index contributed by atoms with van der Waals surface area (Å²) in [5.74, 6) is 2.94. The number of aliphatic hydroxyl groups is 1. The minimum atomic E-state index is -0.150. The molecule has 5 aliphatic rings.